The van der Waals surface area contributed by atoms with Gasteiger partial charge in [-0.1, -0.05) is 27.7 Å². The molecular weight excluding hydrogens is 274 g/mol. The Hall–Kier alpha value is -1.42. The molecule has 0 amide bonds. The third kappa shape index (κ3) is 2.65. The molecule has 0 aromatic carbocycles. The molecule has 0 unspecified atom stereocenters. The first-order chi connectivity index (χ1) is 10.2. The molecule has 120 valence electrons. The second-order valence-corrected chi connectivity index (χ2v) is 8.44. The third-order valence-corrected chi connectivity index (χ3v) is 5.03. The minimum absolute atomic E-state index is 0.136. The average molecular weight is 301 g/mol. The predicted molar refractivity (Wildman–Crippen MR) is 90.4 cm³/mol. The molecule has 0 aromatic rings. The number of rotatable bonds is 1. The van der Waals surface area contributed by atoms with Crippen LogP contribution in [-0.2, 0) is 0 Å². The third-order valence-electron chi connectivity index (χ3n) is 5.03. The highest BCUT2D eigenvalue weighted by Crippen LogP contribution is 2.46. The van der Waals surface area contributed by atoms with E-state index in [0.29, 0.717) is 0 Å². The number of hydrogen-bond donors (Lipinski definition) is 2. The van der Waals surface area contributed by atoms with Crippen molar-refractivity contribution in [3.63, 3.8) is 0 Å². The zero-order valence-corrected chi connectivity index (χ0v) is 14.4. The average Bonchev–Trinajstić information content (AvgIpc) is 2.41. The molecule has 0 spiro atoms. The molecule has 0 saturated heterocycles. The molecule has 4 heteroatoms. The van der Waals surface area contributed by atoms with Gasteiger partial charge in [0.2, 0.25) is 0 Å². The van der Waals surface area contributed by atoms with Gasteiger partial charge in [-0.3, -0.25) is 20.7 Å². The standard InChI is InChI=1S/C18H27N3O/c1-17(2)7-13(19-5)11-6-12-15(20-14(11)8-17)9-18(3,4)10-16(12)21-22/h21-22H,6-10H2,1-5H3. The van der Waals surface area contributed by atoms with Crippen LogP contribution in [0, 0.1) is 10.8 Å². The summed E-state index contributed by atoms with van der Waals surface area (Å²) in [5, 5.41) is 9.56. The fraction of sp³-hybridized carbons (Fsp3) is 0.667. The highest BCUT2D eigenvalue weighted by atomic mass is 16.5. The Balaban J connectivity index is 2.09. The zero-order chi connectivity index (χ0) is 16.1. The summed E-state index contributed by atoms with van der Waals surface area (Å²) in [7, 11) is 1.88. The van der Waals surface area contributed by atoms with Gasteiger partial charge in [-0.05, 0) is 47.7 Å². The second kappa shape index (κ2) is 5.05. The molecule has 2 aliphatic carbocycles. The van der Waals surface area contributed by atoms with Crippen molar-refractivity contribution in [3.05, 3.63) is 22.5 Å². The largest absolute Gasteiger partial charge is 0.293 e. The minimum atomic E-state index is 0.136. The molecule has 3 rings (SSSR count). The molecule has 3 aliphatic rings. The summed E-state index contributed by atoms with van der Waals surface area (Å²) >= 11 is 0. The number of allylic oxidation sites excluding steroid dienone is 4. The number of fused-ring (bicyclic) bond motifs is 1. The van der Waals surface area contributed by atoms with Crippen LogP contribution >= 0.6 is 0 Å². The molecule has 2 N–H and O–H groups in total. The van der Waals surface area contributed by atoms with Crippen molar-refractivity contribution in [2.45, 2.75) is 59.8 Å². The quantitative estimate of drug-likeness (QED) is 0.718. The van der Waals surface area contributed by atoms with Crippen molar-refractivity contribution in [2.24, 2.45) is 20.8 Å². The Morgan fingerprint density at radius 1 is 1.00 bits per heavy atom. The summed E-state index contributed by atoms with van der Waals surface area (Å²) in [6.45, 7) is 9.05. The van der Waals surface area contributed by atoms with Crippen LogP contribution in [0.4, 0.5) is 0 Å². The maximum atomic E-state index is 9.56. The molecular formula is C18H27N3O. The van der Waals surface area contributed by atoms with E-state index in [4.69, 9.17) is 4.99 Å². The lowest BCUT2D eigenvalue weighted by atomic mass is 9.69. The highest BCUT2D eigenvalue weighted by molar-refractivity contribution is 6.10. The van der Waals surface area contributed by atoms with E-state index in [0.717, 1.165) is 43.5 Å². The van der Waals surface area contributed by atoms with E-state index < -0.39 is 0 Å². The number of aliphatic imine (C=N–C) groups is 2. The normalized spacial score (nSPS) is 28.3. The van der Waals surface area contributed by atoms with Crippen LogP contribution in [0.3, 0.4) is 0 Å². The van der Waals surface area contributed by atoms with Crippen LogP contribution in [0.15, 0.2) is 32.5 Å². The van der Waals surface area contributed by atoms with Crippen LogP contribution in [0.25, 0.3) is 0 Å². The smallest absolute Gasteiger partial charge is 0.0465 e. The summed E-state index contributed by atoms with van der Waals surface area (Å²) in [5.74, 6) is 0. The summed E-state index contributed by atoms with van der Waals surface area (Å²) in [6.07, 6.45) is 4.72. The van der Waals surface area contributed by atoms with Crippen LogP contribution in [0.5, 0.6) is 0 Å². The maximum Gasteiger partial charge on any atom is 0.0465 e. The van der Waals surface area contributed by atoms with E-state index in [9.17, 15) is 5.21 Å². The number of nitrogens with one attached hydrogen (secondary N) is 1. The van der Waals surface area contributed by atoms with E-state index >= 15 is 0 Å². The molecule has 0 atom stereocenters. The Labute approximate surface area is 133 Å². The van der Waals surface area contributed by atoms with Gasteiger partial charge in [0.15, 0.2) is 0 Å². The SMILES string of the molecule is CN=C1CC(C)(C)CC2=C1CC1=C(NO)CC(C)(C)CC1=N2. The van der Waals surface area contributed by atoms with Gasteiger partial charge in [0.05, 0.1) is 0 Å². The highest BCUT2D eigenvalue weighted by Gasteiger charge is 2.38. The Kier molecular flexibility index (Phi) is 3.55. The molecule has 0 saturated carbocycles. The van der Waals surface area contributed by atoms with E-state index in [-0.39, 0.29) is 10.8 Å². The Morgan fingerprint density at radius 3 is 2.32 bits per heavy atom. The Bertz CT molecular complexity index is 633. The molecule has 22 heavy (non-hydrogen) atoms. The summed E-state index contributed by atoms with van der Waals surface area (Å²) in [6, 6.07) is 0. The zero-order valence-electron chi connectivity index (χ0n) is 14.4. The van der Waals surface area contributed by atoms with E-state index in [2.05, 4.69) is 38.2 Å². The van der Waals surface area contributed by atoms with E-state index in [1.165, 1.54) is 22.6 Å². The van der Waals surface area contributed by atoms with Crippen molar-refractivity contribution in [2.75, 3.05) is 7.05 Å². The van der Waals surface area contributed by atoms with Crippen LogP contribution in [0.1, 0.15) is 59.8 Å². The monoisotopic (exact) mass is 301 g/mol. The van der Waals surface area contributed by atoms with Crippen molar-refractivity contribution >= 4 is 11.4 Å². The van der Waals surface area contributed by atoms with Gasteiger partial charge in [-0.2, -0.15) is 0 Å². The molecule has 0 bridgehead atoms. The summed E-state index contributed by atoms with van der Waals surface area (Å²) in [4.78, 5) is 9.55. The van der Waals surface area contributed by atoms with Gasteiger partial charge < -0.3 is 0 Å². The summed E-state index contributed by atoms with van der Waals surface area (Å²) in [5.41, 5.74) is 9.75. The van der Waals surface area contributed by atoms with Gasteiger partial charge in [-0.25, -0.2) is 0 Å². The minimum Gasteiger partial charge on any atom is -0.293 e. The van der Waals surface area contributed by atoms with Crippen LogP contribution in [-0.4, -0.2) is 23.7 Å². The van der Waals surface area contributed by atoms with Crippen molar-refractivity contribution < 1.29 is 5.21 Å². The predicted octanol–water partition coefficient (Wildman–Crippen LogP) is 4.03. The van der Waals surface area contributed by atoms with Gasteiger partial charge in [-0.15, -0.1) is 0 Å². The molecule has 4 nitrogen and oxygen atoms in total. The second-order valence-electron chi connectivity index (χ2n) is 8.44. The van der Waals surface area contributed by atoms with Crippen molar-refractivity contribution in [1.29, 1.82) is 0 Å². The molecule has 1 heterocycles. The Morgan fingerprint density at radius 2 is 1.68 bits per heavy atom. The molecule has 0 radical (unpaired) electrons. The molecule has 0 aromatic heterocycles. The maximum absolute atomic E-state index is 9.56. The van der Waals surface area contributed by atoms with Gasteiger partial charge >= 0.3 is 0 Å². The van der Waals surface area contributed by atoms with Gasteiger partial charge in [0.1, 0.15) is 0 Å². The lowest BCUT2D eigenvalue weighted by Crippen LogP contribution is -2.35. The first-order valence-corrected chi connectivity index (χ1v) is 8.13. The van der Waals surface area contributed by atoms with Crippen molar-refractivity contribution in [3.8, 4) is 0 Å². The fourth-order valence-electron chi connectivity index (χ4n) is 4.02. The van der Waals surface area contributed by atoms with Crippen LogP contribution in [0.2, 0.25) is 0 Å². The van der Waals surface area contributed by atoms with Crippen molar-refractivity contribution in [1.82, 2.24) is 5.48 Å². The fourth-order valence-corrected chi connectivity index (χ4v) is 4.02. The van der Waals surface area contributed by atoms with Gasteiger partial charge in [0.25, 0.3) is 0 Å². The number of nitrogens with zero attached hydrogens (tertiary/aromatic N) is 2. The number of hydrogen-bond acceptors (Lipinski definition) is 4. The first-order valence-electron chi connectivity index (χ1n) is 8.13. The van der Waals surface area contributed by atoms with E-state index in [1.54, 1.807) is 0 Å². The van der Waals surface area contributed by atoms with Crippen LogP contribution < -0.4 is 5.48 Å². The molecule has 1 aliphatic heterocycles. The first kappa shape index (κ1) is 15.5. The topological polar surface area (TPSA) is 57.0 Å². The summed E-state index contributed by atoms with van der Waals surface area (Å²) < 4.78 is 0. The lowest BCUT2D eigenvalue weighted by molar-refractivity contribution is 0.180. The molecule has 0 fully saturated rings. The lowest BCUT2D eigenvalue weighted by Gasteiger charge is -2.39. The van der Waals surface area contributed by atoms with Gasteiger partial charge in [0, 0.05) is 36.3 Å². The number of hydroxylamine groups is 1. The van der Waals surface area contributed by atoms with E-state index in [1.807, 2.05) is 7.05 Å².